The highest BCUT2D eigenvalue weighted by molar-refractivity contribution is 5.75. The van der Waals surface area contributed by atoms with Crippen molar-refractivity contribution in [3.63, 3.8) is 0 Å². The molecule has 2 aliphatic rings. The van der Waals surface area contributed by atoms with Crippen molar-refractivity contribution in [1.29, 1.82) is 0 Å². The number of carbonyl (C=O) groups excluding carboxylic acids is 2. The fourth-order valence-corrected chi connectivity index (χ4v) is 6.59. The van der Waals surface area contributed by atoms with Crippen LogP contribution >= 0.6 is 0 Å². The average molecular weight is 591 g/mol. The Balaban J connectivity index is 1.29. The standard InChI is InChI=1S/C36H56F2O4/c1-3-5-7-9-11-33(37)35(39)41-31-23-17-28(18-24-31)14-13-27-15-19-29(20-16-27)30-21-25-32(26-22-30)42-36(40)34(38)12-10-8-6-4-2/h15-16,19-20,28,30-34H,3-14,17-18,21-26H2,1-2H3/t28-,30-,31-,32-,33-,34-/m0/s1. The molecule has 0 unspecified atom stereocenters. The molecule has 0 amide bonds. The van der Waals surface area contributed by atoms with Crippen molar-refractivity contribution >= 4 is 11.9 Å². The normalized spacial score (nSPS) is 24.1. The van der Waals surface area contributed by atoms with E-state index in [1.54, 1.807) is 0 Å². The van der Waals surface area contributed by atoms with Crippen LogP contribution in [-0.4, -0.2) is 36.5 Å². The fourth-order valence-electron chi connectivity index (χ4n) is 6.59. The van der Waals surface area contributed by atoms with Gasteiger partial charge < -0.3 is 9.47 Å². The van der Waals surface area contributed by atoms with E-state index in [4.69, 9.17) is 9.47 Å². The van der Waals surface area contributed by atoms with E-state index < -0.39 is 24.3 Å². The molecule has 1 aromatic carbocycles. The Morgan fingerprint density at radius 3 is 1.64 bits per heavy atom. The summed E-state index contributed by atoms with van der Waals surface area (Å²) in [5.74, 6) is -0.253. The topological polar surface area (TPSA) is 52.6 Å². The smallest absolute Gasteiger partial charge is 0.340 e. The lowest BCUT2D eigenvalue weighted by Crippen LogP contribution is -2.29. The third kappa shape index (κ3) is 12.3. The van der Waals surface area contributed by atoms with Crippen molar-refractivity contribution in [2.24, 2.45) is 5.92 Å². The van der Waals surface area contributed by atoms with E-state index in [1.807, 2.05) is 0 Å². The van der Waals surface area contributed by atoms with Crippen molar-refractivity contribution in [3.05, 3.63) is 35.4 Å². The first-order valence-corrected chi connectivity index (χ1v) is 17.2. The highest BCUT2D eigenvalue weighted by atomic mass is 19.1. The third-order valence-electron chi connectivity index (χ3n) is 9.46. The van der Waals surface area contributed by atoms with Gasteiger partial charge in [0.25, 0.3) is 0 Å². The Labute approximate surface area is 253 Å². The number of hydrogen-bond donors (Lipinski definition) is 0. The zero-order chi connectivity index (χ0) is 30.2. The summed E-state index contributed by atoms with van der Waals surface area (Å²) in [5.41, 5.74) is 2.67. The molecule has 2 saturated carbocycles. The quantitative estimate of drug-likeness (QED) is 0.126. The lowest BCUT2D eigenvalue weighted by molar-refractivity contribution is -0.158. The highest BCUT2D eigenvalue weighted by Crippen LogP contribution is 2.35. The van der Waals surface area contributed by atoms with Gasteiger partial charge in [0.05, 0.1) is 0 Å². The van der Waals surface area contributed by atoms with E-state index in [0.717, 1.165) is 116 Å². The molecule has 0 saturated heterocycles. The summed E-state index contributed by atoms with van der Waals surface area (Å²) in [7, 11) is 0. The molecule has 2 atom stereocenters. The molecular formula is C36H56F2O4. The van der Waals surface area contributed by atoms with Gasteiger partial charge in [-0.15, -0.1) is 0 Å². The highest BCUT2D eigenvalue weighted by Gasteiger charge is 2.29. The lowest BCUT2D eigenvalue weighted by atomic mass is 9.81. The van der Waals surface area contributed by atoms with Crippen molar-refractivity contribution in [3.8, 4) is 0 Å². The van der Waals surface area contributed by atoms with Crippen LogP contribution in [0.25, 0.3) is 0 Å². The molecule has 0 bridgehead atoms. The summed E-state index contributed by atoms with van der Waals surface area (Å²) < 4.78 is 39.3. The second kappa shape index (κ2) is 19.3. The Hall–Kier alpha value is -1.98. The molecule has 0 radical (unpaired) electrons. The zero-order valence-electron chi connectivity index (χ0n) is 26.3. The maximum atomic E-state index is 14.2. The summed E-state index contributed by atoms with van der Waals surface area (Å²) in [5, 5.41) is 0. The minimum absolute atomic E-state index is 0.130. The first-order valence-electron chi connectivity index (χ1n) is 17.2. The molecule has 2 fully saturated rings. The summed E-state index contributed by atoms with van der Waals surface area (Å²) in [6, 6.07) is 8.96. The van der Waals surface area contributed by atoms with E-state index in [-0.39, 0.29) is 25.0 Å². The summed E-state index contributed by atoms with van der Waals surface area (Å²) in [6.45, 7) is 4.23. The maximum Gasteiger partial charge on any atom is 0.340 e. The number of hydrogen-bond acceptors (Lipinski definition) is 4. The van der Waals surface area contributed by atoms with Gasteiger partial charge in [-0.25, -0.2) is 18.4 Å². The van der Waals surface area contributed by atoms with Crippen LogP contribution in [0.3, 0.4) is 0 Å². The molecule has 0 N–H and O–H groups in total. The second-order valence-electron chi connectivity index (χ2n) is 12.9. The molecule has 0 spiro atoms. The van der Waals surface area contributed by atoms with Gasteiger partial charge in [-0.05, 0) is 113 Å². The molecule has 3 rings (SSSR count). The first-order chi connectivity index (χ1) is 20.4. The predicted molar refractivity (Wildman–Crippen MR) is 165 cm³/mol. The molecule has 0 heterocycles. The number of benzene rings is 1. The first kappa shape index (κ1) is 34.5. The molecule has 0 aromatic heterocycles. The molecular weight excluding hydrogens is 534 g/mol. The van der Waals surface area contributed by atoms with Gasteiger partial charge in [0.15, 0.2) is 12.3 Å². The van der Waals surface area contributed by atoms with E-state index in [0.29, 0.717) is 11.8 Å². The molecule has 2 aliphatic carbocycles. The van der Waals surface area contributed by atoms with Gasteiger partial charge in [0, 0.05) is 0 Å². The van der Waals surface area contributed by atoms with Gasteiger partial charge in [0.2, 0.25) is 0 Å². The predicted octanol–water partition coefficient (Wildman–Crippen LogP) is 9.91. The van der Waals surface area contributed by atoms with Crippen LogP contribution < -0.4 is 0 Å². The summed E-state index contributed by atoms with van der Waals surface area (Å²) >= 11 is 0. The summed E-state index contributed by atoms with van der Waals surface area (Å²) in [6.07, 6.45) is 14.5. The second-order valence-corrected chi connectivity index (χ2v) is 12.9. The van der Waals surface area contributed by atoms with Gasteiger partial charge in [0.1, 0.15) is 12.2 Å². The van der Waals surface area contributed by atoms with Crippen LogP contribution in [0.15, 0.2) is 24.3 Å². The van der Waals surface area contributed by atoms with Crippen LogP contribution in [0.2, 0.25) is 0 Å². The Morgan fingerprint density at radius 2 is 1.17 bits per heavy atom. The van der Waals surface area contributed by atoms with Crippen molar-refractivity contribution < 1.29 is 27.8 Å². The van der Waals surface area contributed by atoms with E-state index in [1.165, 1.54) is 11.1 Å². The Kier molecular flexibility index (Phi) is 15.9. The number of alkyl halides is 2. The van der Waals surface area contributed by atoms with Gasteiger partial charge in [-0.2, -0.15) is 0 Å². The SMILES string of the molecule is CCCCCC[C@H](F)C(=O)O[C@H]1CC[C@H](CCc2ccc([C@H]3CC[C@H](OC(=O)[C@@H](F)CCCCCC)CC3)cc2)CC1. The Bertz CT molecular complexity index is 888. The van der Waals surface area contributed by atoms with Crippen LogP contribution in [-0.2, 0) is 25.5 Å². The zero-order valence-corrected chi connectivity index (χ0v) is 26.3. The molecule has 4 nitrogen and oxygen atoms in total. The number of halogens is 2. The van der Waals surface area contributed by atoms with Crippen LogP contribution in [0.1, 0.15) is 153 Å². The van der Waals surface area contributed by atoms with Gasteiger partial charge >= 0.3 is 11.9 Å². The molecule has 238 valence electrons. The molecule has 0 aliphatic heterocycles. The lowest BCUT2D eigenvalue weighted by Gasteiger charge is -2.29. The van der Waals surface area contributed by atoms with Crippen molar-refractivity contribution in [2.45, 2.75) is 173 Å². The average Bonchev–Trinajstić information content (AvgIpc) is 3.01. The van der Waals surface area contributed by atoms with E-state index >= 15 is 0 Å². The number of rotatable bonds is 18. The monoisotopic (exact) mass is 590 g/mol. The number of carbonyl (C=O) groups is 2. The molecule has 6 heteroatoms. The minimum atomic E-state index is -1.49. The van der Waals surface area contributed by atoms with E-state index in [2.05, 4.69) is 38.1 Å². The summed E-state index contributed by atoms with van der Waals surface area (Å²) in [4.78, 5) is 24.3. The number of ether oxygens (including phenoxy) is 2. The number of unbranched alkanes of at least 4 members (excludes halogenated alkanes) is 6. The minimum Gasteiger partial charge on any atom is -0.460 e. The number of aryl methyl sites for hydroxylation is 1. The Morgan fingerprint density at radius 1 is 0.690 bits per heavy atom. The van der Waals surface area contributed by atoms with Crippen LogP contribution in [0.4, 0.5) is 8.78 Å². The van der Waals surface area contributed by atoms with Crippen molar-refractivity contribution in [2.75, 3.05) is 0 Å². The molecule has 42 heavy (non-hydrogen) atoms. The third-order valence-corrected chi connectivity index (χ3v) is 9.46. The largest absolute Gasteiger partial charge is 0.460 e. The van der Waals surface area contributed by atoms with Crippen LogP contribution in [0.5, 0.6) is 0 Å². The van der Waals surface area contributed by atoms with Crippen LogP contribution in [0, 0.1) is 5.92 Å². The van der Waals surface area contributed by atoms with E-state index in [9.17, 15) is 18.4 Å². The van der Waals surface area contributed by atoms with Gasteiger partial charge in [-0.1, -0.05) is 76.6 Å². The van der Waals surface area contributed by atoms with Gasteiger partial charge in [-0.3, -0.25) is 0 Å². The number of esters is 2. The molecule has 1 aromatic rings. The van der Waals surface area contributed by atoms with Crippen molar-refractivity contribution in [1.82, 2.24) is 0 Å². The maximum absolute atomic E-state index is 14.2. The fraction of sp³-hybridized carbons (Fsp3) is 0.778.